The predicted octanol–water partition coefficient (Wildman–Crippen LogP) is 1.32. The largest absolute Gasteiger partial charge is 0.476 e. The van der Waals surface area contributed by atoms with E-state index in [-0.39, 0.29) is 11.3 Å². The summed E-state index contributed by atoms with van der Waals surface area (Å²) < 4.78 is 0. The maximum atomic E-state index is 10.6. The molecule has 0 atom stereocenters. The Morgan fingerprint density at radius 3 is 2.93 bits per heavy atom. The number of nitrogens with one attached hydrogen (secondary N) is 1. The van der Waals surface area contributed by atoms with E-state index in [2.05, 4.69) is 10.2 Å². The number of nitrogens with zero attached hydrogens (tertiary/aromatic N) is 2. The molecule has 74 valence electrons. The maximum Gasteiger partial charge on any atom is 0.355 e. The van der Waals surface area contributed by atoms with Gasteiger partial charge in [0.05, 0.1) is 5.69 Å². The van der Waals surface area contributed by atoms with Crippen molar-refractivity contribution in [1.29, 1.82) is 5.26 Å². The summed E-state index contributed by atoms with van der Waals surface area (Å²) in [7, 11) is 0. The topological polar surface area (TPSA) is 89.8 Å². The molecule has 0 aliphatic carbocycles. The standard InChI is InChI=1S/C9H11N3O2/c1-2-3-4-7-6(5-10)8(9(13)14)12-11-7/h2-4H2,1H3,(H,11,12)(H,13,14). The van der Waals surface area contributed by atoms with Crippen molar-refractivity contribution in [3.63, 3.8) is 0 Å². The first-order valence-electron chi connectivity index (χ1n) is 4.41. The van der Waals surface area contributed by atoms with Crippen molar-refractivity contribution < 1.29 is 9.90 Å². The normalized spacial score (nSPS) is 9.71. The average molecular weight is 193 g/mol. The first kappa shape index (κ1) is 10.3. The maximum absolute atomic E-state index is 10.6. The van der Waals surface area contributed by atoms with Gasteiger partial charge in [-0.05, 0) is 12.8 Å². The van der Waals surface area contributed by atoms with Gasteiger partial charge in [0.15, 0.2) is 5.69 Å². The van der Waals surface area contributed by atoms with E-state index in [1.807, 2.05) is 13.0 Å². The second kappa shape index (κ2) is 4.42. The van der Waals surface area contributed by atoms with Crippen LogP contribution in [0.5, 0.6) is 0 Å². The molecule has 0 aromatic carbocycles. The fourth-order valence-corrected chi connectivity index (χ4v) is 1.18. The molecule has 0 saturated carbocycles. The van der Waals surface area contributed by atoms with Crippen molar-refractivity contribution in [1.82, 2.24) is 10.2 Å². The molecule has 1 rings (SSSR count). The number of hydrogen-bond acceptors (Lipinski definition) is 3. The van der Waals surface area contributed by atoms with Gasteiger partial charge in [-0.25, -0.2) is 4.79 Å². The number of carboxylic acid groups (broad SMARTS) is 1. The fourth-order valence-electron chi connectivity index (χ4n) is 1.18. The lowest BCUT2D eigenvalue weighted by molar-refractivity contribution is 0.0690. The lowest BCUT2D eigenvalue weighted by Gasteiger charge is -1.93. The second-order valence-electron chi connectivity index (χ2n) is 2.94. The molecule has 0 unspecified atom stereocenters. The van der Waals surface area contributed by atoms with Crippen LogP contribution >= 0.6 is 0 Å². The number of aromatic nitrogens is 2. The van der Waals surface area contributed by atoms with Gasteiger partial charge < -0.3 is 5.11 Å². The zero-order valence-corrected chi connectivity index (χ0v) is 7.87. The Morgan fingerprint density at radius 1 is 1.71 bits per heavy atom. The minimum Gasteiger partial charge on any atom is -0.476 e. The first-order chi connectivity index (χ1) is 6.70. The van der Waals surface area contributed by atoms with Crippen LogP contribution in [-0.4, -0.2) is 21.3 Å². The van der Waals surface area contributed by atoms with E-state index >= 15 is 0 Å². The first-order valence-corrected chi connectivity index (χ1v) is 4.41. The minimum atomic E-state index is -1.14. The zero-order valence-electron chi connectivity index (χ0n) is 7.87. The van der Waals surface area contributed by atoms with Gasteiger partial charge in [-0.3, -0.25) is 5.10 Å². The van der Waals surface area contributed by atoms with Gasteiger partial charge in [0.25, 0.3) is 0 Å². The molecule has 1 aromatic heterocycles. The SMILES string of the molecule is CCCCc1n[nH]c(C(=O)O)c1C#N. The summed E-state index contributed by atoms with van der Waals surface area (Å²) in [6.07, 6.45) is 2.53. The third-order valence-electron chi connectivity index (χ3n) is 1.93. The molecule has 0 saturated heterocycles. The second-order valence-corrected chi connectivity index (χ2v) is 2.94. The van der Waals surface area contributed by atoms with Gasteiger partial charge >= 0.3 is 5.97 Å². The predicted molar refractivity (Wildman–Crippen MR) is 48.9 cm³/mol. The number of carboxylic acids is 1. The zero-order chi connectivity index (χ0) is 10.6. The molecule has 0 aliphatic rings. The van der Waals surface area contributed by atoms with E-state index in [9.17, 15) is 4.79 Å². The van der Waals surface area contributed by atoms with Crippen molar-refractivity contribution in [3.8, 4) is 6.07 Å². The molecule has 5 nitrogen and oxygen atoms in total. The van der Waals surface area contributed by atoms with Crippen LogP contribution < -0.4 is 0 Å². The van der Waals surface area contributed by atoms with E-state index in [0.717, 1.165) is 12.8 Å². The fraction of sp³-hybridized carbons (Fsp3) is 0.444. The lowest BCUT2D eigenvalue weighted by Crippen LogP contribution is -1.99. The van der Waals surface area contributed by atoms with Gasteiger partial charge in [0, 0.05) is 0 Å². The van der Waals surface area contributed by atoms with Crippen molar-refractivity contribution in [2.24, 2.45) is 0 Å². The van der Waals surface area contributed by atoms with Gasteiger partial charge in [0.2, 0.25) is 0 Å². The van der Waals surface area contributed by atoms with Crippen LogP contribution in [0.4, 0.5) is 0 Å². The van der Waals surface area contributed by atoms with Gasteiger partial charge in [-0.15, -0.1) is 0 Å². The monoisotopic (exact) mass is 193 g/mol. The summed E-state index contributed by atoms with van der Waals surface area (Å²) in [5.41, 5.74) is 0.594. The molecule has 0 amide bonds. The van der Waals surface area contributed by atoms with E-state index < -0.39 is 5.97 Å². The lowest BCUT2D eigenvalue weighted by atomic mass is 10.1. The third kappa shape index (κ3) is 1.91. The minimum absolute atomic E-state index is 0.112. The number of H-pyrrole nitrogens is 1. The van der Waals surface area contributed by atoms with E-state index in [1.54, 1.807) is 0 Å². The van der Waals surface area contributed by atoms with Crippen LogP contribution in [0.25, 0.3) is 0 Å². The number of aromatic amines is 1. The highest BCUT2D eigenvalue weighted by Gasteiger charge is 2.17. The number of carbonyl (C=O) groups is 1. The highest BCUT2D eigenvalue weighted by Crippen LogP contribution is 2.12. The van der Waals surface area contributed by atoms with Crippen molar-refractivity contribution in [3.05, 3.63) is 17.0 Å². The molecule has 2 N–H and O–H groups in total. The molecule has 1 heterocycles. The third-order valence-corrected chi connectivity index (χ3v) is 1.93. The summed E-state index contributed by atoms with van der Waals surface area (Å²) in [5, 5.41) is 23.7. The number of hydrogen-bond donors (Lipinski definition) is 2. The summed E-state index contributed by atoms with van der Waals surface area (Å²) in [4.78, 5) is 10.6. The Balaban J connectivity index is 2.97. The van der Waals surface area contributed by atoms with Crippen LogP contribution in [0.1, 0.15) is 41.5 Å². The van der Waals surface area contributed by atoms with Crippen LogP contribution in [-0.2, 0) is 6.42 Å². The number of aromatic carboxylic acids is 1. The Kier molecular flexibility index (Phi) is 3.24. The molecule has 5 heteroatoms. The van der Waals surface area contributed by atoms with Gasteiger partial charge in [-0.2, -0.15) is 10.4 Å². The molecule has 0 radical (unpaired) electrons. The molecule has 14 heavy (non-hydrogen) atoms. The molecule has 0 aliphatic heterocycles. The van der Waals surface area contributed by atoms with E-state index in [1.165, 1.54) is 0 Å². The molecule has 1 aromatic rings. The Bertz CT molecular complexity index is 376. The van der Waals surface area contributed by atoms with E-state index in [0.29, 0.717) is 12.1 Å². The quantitative estimate of drug-likeness (QED) is 0.754. The molecule has 0 spiro atoms. The number of unbranched alkanes of at least 4 members (excludes halogenated alkanes) is 1. The molecular formula is C9H11N3O2. The Hall–Kier alpha value is -1.83. The molecule has 0 bridgehead atoms. The van der Waals surface area contributed by atoms with Gasteiger partial charge in [0.1, 0.15) is 11.6 Å². The average Bonchev–Trinajstić information content (AvgIpc) is 2.57. The number of aryl methyl sites for hydroxylation is 1. The van der Waals surface area contributed by atoms with Crippen molar-refractivity contribution in [2.45, 2.75) is 26.2 Å². The summed E-state index contributed by atoms with van der Waals surface area (Å²) in [6, 6.07) is 1.86. The number of rotatable bonds is 4. The Labute approximate surface area is 81.4 Å². The highest BCUT2D eigenvalue weighted by atomic mass is 16.4. The van der Waals surface area contributed by atoms with Crippen LogP contribution in [0.2, 0.25) is 0 Å². The van der Waals surface area contributed by atoms with Gasteiger partial charge in [-0.1, -0.05) is 13.3 Å². The summed E-state index contributed by atoms with van der Waals surface area (Å²) >= 11 is 0. The smallest absolute Gasteiger partial charge is 0.355 e. The van der Waals surface area contributed by atoms with E-state index in [4.69, 9.17) is 10.4 Å². The Morgan fingerprint density at radius 2 is 2.43 bits per heavy atom. The summed E-state index contributed by atoms with van der Waals surface area (Å²) in [5.74, 6) is -1.14. The van der Waals surface area contributed by atoms with Crippen molar-refractivity contribution in [2.75, 3.05) is 0 Å². The molecular weight excluding hydrogens is 182 g/mol. The van der Waals surface area contributed by atoms with Crippen LogP contribution in [0.3, 0.4) is 0 Å². The van der Waals surface area contributed by atoms with Crippen LogP contribution in [0.15, 0.2) is 0 Å². The number of nitriles is 1. The van der Waals surface area contributed by atoms with Crippen LogP contribution in [0, 0.1) is 11.3 Å². The summed E-state index contributed by atoms with van der Waals surface area (Å²) in [6.45, 7) is 2.02. The van der Waals surface area contributed by atoms with Crippen molar-refractivity contribution >= 4 is 5.97 Å². The molecule has 0 fully saturated rings. The highest BCUT2D eigenvalue weighted by molar-refractivity contribution is 5.88.